The lowest BCUT2D eigenvalue weighted by Crippen LogP contribution is -2.42. The van der Waals surface area contributed by atoms with Gasteiger partial charge in [-0.25, -0.2) is 4.79 Å². The summed E-state index contributed by atoms with van der Waals surface area (Å²) in [7, 11) is 1.21. The second kappa shape index (κ2) is 12.0. The normalized spacial score (nSPS) is 15.3. The Hall–Kier alpha value is -3.23. The summed E-state index contributed by atoms with van der Waals surface area (Å²) in [5.74, 6) is -0.132. The molecule has 2 aromatic carbocycles. The van der Waals surface area contributed by atoms with E-state index >= 15 is 0 Å². The van der Waals surface area contributed by atoms with Gasteiger partial charge in [0.15, 0.2) is 11.5 Å². The van der Waals surface area contributed by atoms with Crippen LogP contribution in [-0.4, -0.2) is 41.8 Å². The van der Waals surface area contributed by atoms with Crippen molar-refractivity contribution in [3.63, 3.8) is 0 Å². The minimum Gasteiger partial charge on any atom is -0.490 e. The van der Waals surface area contributed by atoms with Crippen LogP contribution in [0.4, 0.5) is 4.79 Å². The number of rotatable bonds is 10. The van der Waals surface area contributed by atoms with E-state index in [0.717, 1.165) is 27.8 Å². The molecule has 1 atom stereocenters. The molecule has 184 valence electrons. The molecule has 35 heavy (non-hydrogen) atoms. The number of hydrogen-bond donors (Lipinski definition) is 0. The number of benzene rings is 2. The Morgan fingerprint density at radius 3 is 2.54 bits per heavy atom. The molecule has 1 fully saturated rings. The summed E-state index contributed by atoms with van der Waals surface area (Å²) in [6.45, 7) is 7.86. The minimum absolute atomic E-state index is 0.201. The van der Waals surface area contributed by atoms with Gasteiger partial charge in [0.25, 0.3) is 11.1 Å². The highest BCUT2D eigenvalue weighted by molar-refractivity contribution is 8.18. The topological polar surface area (TPSA) is 82.1 Å². The summed E-state index contributed by atoms with van der Waals surface area (Å²) in [6, 6.07) is 9.96. The molecule has 0 radical (unpaired) electrons. The van der Waals surface area contributed by atoms with Crippen LogP contribution < -0.4 is 9.47 Å². The van der Waals surface area contributed by atoms with Gasteiger partial charge in [-0.3, -0.25) is 14.5 Å². The molecule has 1 saturated heterocycles. The molecule has 7 nitrogen and oxygen atoms in total. The second-order valence-corrected chi connectivity index (χ2v) is 9.03. The summed E-state index contributed by atoms with van der Waals surface area (Å²) in [4.78, 5) is 38.3. The average molecular weight is 516 g/mol. The molecule has 9 heteroatoms. The van der Waals surface area contributed by atoms with Gasteiger partial charge in [0.05, 0.1) is 18.6 Å². The van der Waals surface area contributed by atoms with Crippen molar-refractivity contribution in [2.75, 3.05) is 13.7 Å². The van der Waals surface area contributed by atoms with Gasteiger partial charge in [-0.1, -0.05) is 29.8 Å². The lowest BCUT2D eigenvalue weighted by Gasteiger charge is -2.18. The number of imide groups is 1. The Labute approximate surface area is 213 Å². The quantitative estimate of drug-likeness (QED) is 0.230. The van der Waals surface area contributed by atoms with Gasteiger partial charge in [-0.2, -0.15) is 0 Å². The average Bonchev–Trinajstić information content (AvgIpc) is 3.11. The summed E-state index contributed by atoms with van der Waals surface area (Å²) in [6.07, 6.45) is 3.85. The summed E-state index contributed by atoms with van der Waals surface area (Å²) in [5, 5.41) is 0.115. The van der Waals surface area contributed by atoms with E-state index in [0.29, 0.717) is 41.7 Å². The first kappa shape index (κ1) is 26.4. The zero-order chi connectivity index (χ0) is 25.5. The molecule has 1 aliphatic heterocycles. The number of amides is 2. The zero-order valence-corrected chi connectivity index (χ0v) is 21.3. The first-order valence-electron chi connectivity index (χ1n) is 10.9. The van der Waals surface area contributed by atoms with Gasteiger partial charge in [0, 0.05) is 10.6 Å². The molecular formula is C26H26ClNO6S. The van der Waals surface area contributed by atoms with Gasteiger partial charge < -0.3 is 14.2 Å². The lowest BCUT2D eigenvalue weighted by atomic mass is 10.0. The Morgan fingerprint density at radius 2 is 1.91 bits per heavy atom. The largest absolute Gasteiger partial charge is 0.490 e. The molecule has 2 aromatic rings. The molecule has 1 aliphatic rings. The molecule has 0 spiro atoms. The van der Waals surface area contributed by atoms with E-state index in [2.05, 4.69) is 11.3 Å². The number of esters is 1. The molecule has 0 aliphatic carbocycles. The Morgan fingerprint density at radius 1 is 1.20 bits per heavy atom. The molecule has 3 rings (SSSR count). The van der Waals surface area contributed by atoms with E-state index in [1.165, 1.54) is 14.0 Å². The van der Waals surface area contributed by atoms with E-state index < -0.39 is 23.2 Å². The molecular weight excluding hydrogens is 490 g/mol. The van der Waals surface area contributed by atoms with Crippen LogP contribution in [0.2, 0.25) is 5.02 Å². The van der Waals surface area contributed by atoms with Crippen LogP contribution in [0.5, 0.6) is 11.5 Å². The third-order valence-electron chi connectivity index (χ3n) is 5.17. The predicted octanol–water partition coefficient (Wildman–Crippen LogP) is 5.64. The number of methoxy groups -OCH3 is 1. The highest BCUT2D eigenvalue weighted by atomic mass is 35.5. The number of allylic oxidation sites excluding steroid dienone is 1. The maximum Gasteiger partial charge on any atom is 0.328 e. The number of nitrogens with zero attached hydrogens (tertiary/aromatic N) is 1. The predicted molar refractivity (Wildman–Crippen MR) is 137 cm³/mol. The van der Waals surface area contributed by atoms with E-state index in [4.69, 9.17) is 21.1 Å². The molecule has 0 N–H and O–H groups in total. The third kappa shape index (κ3) is 6.26. The smallest absolute Gasteiger partial charge is 0.328 e. The van der Waals surface area contributed by atoms with Crippen LogP contribution in [0.15, 0.2) is 54.0 Å². The molecule has 0 saturated carbocycles. The lowest BCUT2D eigenvalue weighted by molar-refractivity contribution is -0.148. The van der Waals surface area contributed by atoms with Crippen LogP contribution in [0, 0.1) is 0 Å². The van der Waals surface area contributed by atoms with E-state index in [-0.39, 0.29) is 4.91 Å². The van der Waals surface area contributed by atoms with Gasteiger partial charge in [0.1, 0.15) is 12.6 Å². The van der Waals surface area contributed by atoms with Crippen LogP contribution in [0.1, 0.15) is 30.5 Å². The standard InChI is InChI=1S/C26H26ClNO6S/c1-5-7-19-12-18(14-22-24(29)28(26(31)35-22)16(3)25(30)32-4)13-21(33-6-2)23(19)34-15-17-8-10-20(27)11-9-17/h5,8-14,16H,1,6-7,15H2,2-4H3/b22-14+/t16-/m1/s1. The summed E-state index contributed by atoms with van der Waals surface area (Å²) < 4.78 is 16.7. The zero-order valence-electron chi connectivity index (χ0n) is 19.7. The number of ether oxygens (including phenoxy) is 3. The maximum absolute atomic E-state index is 12.9. The van der Waals surface area contributed by atoms with Gasteiger partial charge in [0.2, 0.25) is 0 Å². The Kier molecular flexibility index (Phi) is 9.01. The highest BCUT2D eigenvalue weighted by Crippen LogP contribution is 2.38. The van der Waals surface area contributed by atoms with Gasteiger partial charge in [-0.05, 0) is 73.5 Å². The minimum atomic E-state index is -1.02. The van der Waals surface area contributed by atoms with Crippen LogP contribution in [-0.2, 0) is 27.4 Å². The van der Waals surface area contributed by atoms with E-state index in [9.17, 15) is 14.4 Å². The fraction of sp³-hybridized carbons (Fsp3) is 0.269. The first-order chi connectivity index (χ1) is 16.8. The van der Waals surface area contributed by atoms with Crippen molar-refractivity contribution >= 4 is 46.6 Å². The number of thioether (sulfide) groups is 1. The van der Waals surface area contributed by atoms with Crippen molar-refractivity contribution in [2.45, 2.75) is 32.9 Å². The van der Waals surface area contributed by atoms with Crippen molar-refractivity contribution in [3.8, 4) is 11.5 Å². The van der Waals surface area contributed by atoms with Crippen molar-refractivity contribution in [1.82, 2.24) is 4.90 Å². The van der Waals surface area contributed by atoms with Crippen molar-refractivity contribution in [3.05, 3.63) is 75.7 Å². The Bertz CT molecular complexity index is 1160. The van der Waals surface area contributed by atoms with Crippen molar-refractivity contribution in [1.29, 1.82) is 0 Å². The maximum atomic E-state index is 12.9. The number of carbonyl (C=O) groups excluding carboxylic acids is 3. The fourth-order valence-electron chi connectivity index (χ4n) is 3.48. The number of hydrogen-bond acceptors (Lipinski definition) is 7. The van der Waals surface area contributed by atoms with Gasteiger partial charge >= 0.3 is 5.97 Å². The molecule has 1 heterocycles. The van der Waals surface area contributed by atoms with Crippen molar-refractivity contribution in [2.24, 2.45) is 0 Å². The number of halogens is 1. The SMILES string of the molecule is C=CCc1cc(/C=C2/SC(=O)N([C@H](C)C(=O)OC)C2=O)cc(OCC)c1OCc1ccc(Cl)cc1. The summed E-state index contributed by atoms with van der Waals surface area (Å²) in [5.41, 5.74) is 2.41. The highest BCUT2D eigenvalue weighted by Gasteiger charge is 2.41. The molecule has 0 aromatic heterocycles. The third-order valence-corrected chi connectivity index (χ3v) is 6.30. The second-order valence-electron chi connectivity index (χ2n) is 7.60. The fourth-order valence-corrected chi connectivity index (χ4v) is 4.51. The van der Waals surface area contributed by atoms with Gasteiger partial charge in [-0.15, -0.1) is 6.58 Å². The number of carbonyl (C=O) groups is 3. The van der Waals surface area contributed by atoms with Crippen LogP contribution in [0.25, 0.3) is 6.08 Å². The Balaban J connectivity index is 1.94. The molecule has 2 amide bonds. The monoisotopic (exact) mass is 515 g/mol. The van der Waals surface area contributed by atoms with E-state index in [1.54, 1.807) is 30.4 Å². The van der Waals surface area contributed by atoms with E-state index in [1.807, 2.05) is 25.1 Å². The van der Waals surface area contributed by atoms with Crippen LogP contribution in [0.3, 0.4) is 0 Å². The summed E-state index contributed by atoms with van der Waals surface area (Å²) >= 11 is 6.74. The molecule has 0 bridgehead atoms. The first-order valence-corrected chi connectivity index (χ1v) is 12.1. The molecule has 0 unspecified atom stereocenters. The van der Waals surface area contributed by atoms with Crippen molar-refractivity contribution < 1.29 is 28.6 Å². The van der Waals surface area contributed by atoms with Crippen LogP contribution >= 0.6 is 23.4 Å².